The number of fused-ring (bicyclic) bond motifs is 1. The number of aryl methyl sites for hydroxylation is 1. The van der Waals surface area contributed by atoms with Crippen molar-refractivity contribution in [2.45, 2.75) is 26.4 Å². The van der Waals surface area contributed by atoms with Gasteiger partial charge in [0, 0.05) is 28.4 Å². The van der Waals surface area contributed by atoms with Gasteiger partial charge in [0.25, 0.3) is 6.43 Å². The topological polar surface area (TPSA) is 90.8 Å². The lowest BCUT2D eigenvalue weighted by molar-refractivity contribution is -0.116. The van der Waals surface area contributed by atoms with Crippen molar-refractivity contribution in [3.05, 3.63) is 82.6 Å². The minimum Gasteiger partial charge on any atom is -0.463 e. The van der Waals surface area contributed by atoms with E-state index in [-0.39, 0.29) is 51.8 Å². The van der Waals surface area contributed by atoms with Gasteiger partial charge in [0.05, 0.1) is 23.9 Å². The average Bonchev–Trinajstić information content (AvgIpc) is 3.58. The summed E-state index contributed by atoms with van der Waals surface area (Å²) in [6.45, 7) is 1.35. The number of nitrogens with zero attached hydrogens (tertiary/aromatic N) is 5. The predicted octanol–water partition coefficient (Wildman–Crippen LogP) is 5.61. The summed E-state index contributed by atoms with van der Waals surface area (Å²) in [4.78, 5) is 17.2. The van der Waals surface area contributed by atoms with Gasteiger partial charge in [0.15, 0.2) is 17.2 Å². The first kappa shape index (κ1) is 23.6. The Bertz CT molecular complexity index is 1540. The molecular weight excluding hydrogens is 497 g/mol. The predicted molar refractivity (Wildman–Crippen MR) is 126 cm³/mol. The molecule has 1 N–H and O–H groups in total. The Balaban J connectivity index is 1.38. The van der Waals surface area contributed by atoms with E-state index in [0.29, 0.717) is 11.5 Å². The molecule has 5 aromatic rings. The zero-order chi connectivity index (χ0) is 25.4. The van der Waals surface area contributed by atoms with Gasteiger partial charge in [-0.3, -0.25) is 9.48 Å². The van der Waals surface area contributed by atoms with Crippen LogP contribution < -0.4 is 5.32 Å². The lowest BCUT2D eigenvalue weighted by Crippen LogP contribution is -2.20. The molecule has 0 fully saturated rings. The number of halogens is 4. The van der Waals surface area contributed by atoms with Crippen LogP contribution in [-0.2, 0) is 17.9 Å². The molecule has 0 radical (unpaired) electrons. The normalized spacial score (nSPS) is 11.5. The van der Waals surface area contributed by atoms with Gasteiger partial charge in [-0.15, -0.1) is 0 Å². The number of nitrogens with one attached hydrogen (secondary N) is 1. The fourth-order valence-corrected chi connectivity index (χ4v) is 4.12. The summed E-state index contributed by atoms with van der Waals surface area (Å²) >= 11 is 6.07. The number of carbonyl (C=O) groups excluding carboxylic acids is 1. The summed E-state index contributed by atoms with van der Waals surface area (Å²) < 4.78 is 49.8. The van der Waals surface area contributed by atoms with E-state index in [1.165, 1.54) is 33.8 Å². The van der Waals surface area contributed by atoms with Gasteiger partial charge in [-0.2, -0.15) is 10.2 Å². The number of anilines is 1. The van der Waals surface area contributed by atoms with E-state index in [2.05, 4.69) is 20.5 Å². The van der Waals surface area contributed by atoms with Crippen molar-refractivity contribution in [3.8, 4) is 11.5 Å². The number of hydrogen-bond acceptors (Lipinski definition) is 5. The molecule has 36 heavy (non-hydrogen) atoms. The second-order valence-electron chi connectivity index (χ2n) is 7.96. The lowest BCUT2D eigenvalue weighted by atomic mass is 10.1. The van der Waals surface area contributed by atoms with Crippen molar-refractivity contribution in [2.24, 2.45) is 0 Å². The number of furan rings is 1. The monoisotopic (exact) mass is 514 g/mol. The van der Waals surface area contributed by atoms with Crippen LogP contribution >= 0.6 is 11.6 Å². The molecule has 0 aliphatic carbocycles. The number of carbonyl (C=O) groups is 1. The number of aromatic nitrogens is 5. The minimum absolute atomic E-state index is 0.0697. The average molecular weight is 515 g/mol. The Morgan fingerprint density at radius 2 is 2.03 bits per heavy atom. The zero-order valence-electron chi connectivity index (χ0n) is 18.8. The van der Waals surface area contributed by atoms with Crippen LogP contribution in [0.25, 0.3) is 22.5 Å². The Kier molecular flexibility index (Phi) is 6.23. The highest BCUT2D eigenvalue weighted by atomic mass is 35.5. The van der Waals surface area contributed by atoms with Gasteiger partial charge in [0.1, 0.15) is 18.1 Å². The van der Waals surface area contributed by atoms with Crippen molar-refractivity contribution in [1.29, 1.82) is 0 Å². The van der Waals surface area contributed by atoms with Crippen LogP contribution in [0, 0.1) is 12.7 Å². The maximum Gasteiger partial charge on any atom is 0.264 e. The Hall–Kier alpha value is -4.12. The molecule has 0 aliphatic rings. The number of pyridine rings is 1. The van der Waals surface area contributed by atoms with Crippen molar-refractivity contribution < 1.29 is 22.4 Å². The number of hydrogen-bond donors (Lipinski definition) is 1. The van der Waals surface area contributed by atoms with Crippen molar-refractivity contribution >= 4 is 34.4 Å². The molecule has 1 amide bonds. The van der Waals surface area contributed by atoms with Gasteiger partial charge < -0.3 is 9.73 Å². The van der Waals surface area contributed by atoms with Crippen LogP contribution in [0.4, 0.5) is 19.0 Å². The largest absolute Gasteiger partial charge is 0.463 e. The molecule has 4 heterocycles. The van der Waals surface area contributed by atoms with E-state index in [4.69, 9.17) is 16.0 Å². The summed E-state index contributed by atoms with van der Waals surface area (Å²) in [5.41, 5.74) is 0.673. The number of amides is 1. The van der Waals surface area contributed by atoms with Gasteiger partial charge in [-0.1, -0.05) is 17.7 Å². The number of benzene rings is 1. The second-order valence-corrected chi connectivity index (χ2v) is 8.37. The third kappa shape index (κ3) is 4.57. The van der Waals surface area contributed by atoms with Gasteiger partial charge in [-0.05, 0) is 37.3 Å². The van der Waals surface area contributed by atoms with Gasteiger partial charge in [-0.25, -0.2) is 22.8 Å². The second kappa shape index (κ2) is 9.50. The molecule has 0 bridgehead atoms. The zero-order valence-corrected chi connectivity index (χ0v) is 19.5. The van der Waals surface area contributed by atoms with Crippen LogP contribution in [0.15, 0.2) is 59.3 Å². The quantitative estimate of drug-likeness (QED) is 0.305. The molecule has 0 aliphatic heterocycles. The molecule has 5 rings (SSSR count). The third-order valence-corrected chi connectivity index (χ3v) is 5.85. The standard InChI is InChI=1S/C24H18ClF3N6O2/c1-13-22-14(23(27)28)10-18(19-6-3-9-36-19)29-24(22)34(31-13)12-21(35)30-20-7-8-33(32-20)11-15-16(25)4-2-5-17(15)26/h2-10,23H,11-12H2,1H3,(H,30,32,35). The third-order valence-electron chi connectivity index (χ3n) is 5.50. The maximum atomic E-state index is 14.1. The fraction of sp³-hybridized carbons (Fsp3) is 0.167. The van der Waals surface area contributed by atoms with E-state index in [9.17, 15) is 18.0 Å². The molecule has 8 nitrogen and oxygen atoms in total. The summed E-state index contributed by atoms with van der Waals surface area (Å²) in [6.07, 6.45) is 0.206. The van der Waals surface area contributed by atoms with Crippen molar-refractivity contribution in [1.82, 2.24) is 24.5 Å². The molecule has 0 atom stereocenters. The summed E-state index contributed by atoms with van der Waals surface area (Å²) in [7, 11) is 0. The molecule has 0 spiro atoms. The maximum absolute atomic E-state index is 14.1. The van der Waals surface area contributed by atoms with E-state index in [0.717, 1.165) is 0 Å². The Morgan fingerprint density at radius 1 is 1.19 bits per heavy atom. The Labute approximate surface area is 207 Å². The van der Waals surface area contributed by atoms with Crippen molar-refractivity contribution in [2.75, 3.05) is 5.32 Å². The first-order valence-corrected chi connectivity index (χ1v) is 11.1. The lowest BCUT2D eigenvalue weighted by Gasteiger charge is -2.08. The van der Waals surface area contributed by atoms with Crippen molar-refractivity contribution in [3.63, 3.8) is 0 Å². The number of rotatable bonds is 7. The summed E-state index contributed by atoms with van der Waals surface area (Å²) in [6, 6.07) is 10.4. The molecule has 0 saturated carbocycles. The van der Waals surface area contributed by atoms with Crippen LogP contribution in [-0.4, -0.2) is 30.5 Å². The van der Waals surface area contributed by atoms with E-state index >= 15 is 0 Å². The van der Waals surface area contributed by atoms with E-state index in [1.54, 1.807) is 37.4 Å². The SMILES string of the molecule is Cc1nn(CC(=O)Nc2ccn(Cc3c(F)cccc3Cl)n2)c2nc(-c3ccco3)cc(C(F)F)c12. The summed E-state index contributed by atoms with van der Waals surface area (Å²) in [5, 5.41) is 11.6. The molecule has 1 aromatic carbocycles. The molecule has 0 unspecified atom stereocenters. The smallest absolute Gasteiger partial charge is 0.264 e. The molecule has 184 valence electrons. The van der Waals surface area contributed by atoms with Gasteiger partial charge >= 0.3 is 0 Å². The van der Waals surface area contributed by atoms with Crippen LogP contribution in [0.5, 0.6) is 0 Å². The fourth-order valence-electron chi connectivity index (χ4n) is 3.90. The molecule has 4 aromatic heterocycles. The van der Waals surface area contributed by atoms with Crippen LogP contribution in [0.3, 0.4) is 0 Å². The van der Waals surface area contributed by atoms with Gasteiger partial charge in [0.2, 0.25) is 5.91 Å². The Morgan fingerprint density at radius 3 is 2.75 bits per heavy atom. The molecule has 0 saturated heterocycles. The van der Waals surface area contributed by atoms with E-state index < -0.39 is 18.1 Å². The molecular formula is C24H18ClF3N6O2. The summed E-state index contributed by atoms with van der Waals surface area (Å²) in [5.74, 6) is -0.432. The first-order chi connectivity index (χ1) is 17.3. The molecule has 12 heteroatoms. The first-order valence-electron chi connectivity index (χ1n) is 10.8. The minimum atomic E-state index is -2.78. The van der Waals surface area contributed by atoms with Crippen LogP contribution in [0.2, 0.25) is 5.02 Å². The number of alkyl halides is 2. The highest BCUT2D eigenvalue weighted by molar-refractivity contribution is 6.31. The van der Waals surface area contributed by atoms with E-state index in [1.807, 2.05) is 0 Å². The van der Waals surface area contributed by atoms with Crippen LogP contribution in [0.1, 0.15) is 23.2 Å². The highest BCUT2D eigenvalue weighted by Crippen LogP contribution is 2.33. The highest BCUT2D eigenvalue weighted by Gasteiger charge is 2.23.